The first kappa shape index (κ1) is 21.8. The van der Waals surface area contributed by atoms with Crippen LogP contribution in [0, 0.1) is 0 Å². The van der Waals surface area contributed by atoms with E-state index >= 15 is 0 Å². The van der Waals surface area contributed by atoms with E-state index in [1.165, 1.54) is 4.90 Å². The number of benzene rings is 1. The maximum Gasteiger partial charge on any atom is 0.289 e. The first-order valence-electron chi connectivity index (χ1n) is 10.5. The van der Waals surface area contributed by atoms with Crippen LogP contribution in [0.2, 0.25) is 0 Å². The lowest BCUT2D eigenvalue weighted by Gasteiger charge is -2.38. The smallest absolute Gasteiger partial charge is 0.289 e. The number of alkyl halides is 3. The van der Waals surface area contributed by atoms with Crippen LogP contribution in [0.25, 0.3) is 11.0 Å². The summed E-state index contributed by atoms with van der Waals surface area (Å²) in [6, 6.07) is 7.78. The van der Waals surface area contributed by atoms with E-state index in [4.69, 9.17) is 9.15 Å². The normalized spacial score (nSPS) is 25.1. The van der Waals surface area contributed by atoms with Crippen molar-refractivity contribution in [3.8, 4) is 5.75 Å². The zero-order valence-corrected chi connectivity index (χ0v) is 19.4. The molecule has 2 saturated heterocycles. The van der Waals surface area contributed by atoms with Crippen LogP contribution in [0.15, 0.2) is 28.7 Å². The minimum atomic E-state index is -2.68. The highest BCUT2D eigenvalue weighted by molar-refractivity contribution is 14.1. The average molecular weight is 532 g/mol. The Morgan fingerprint density at radius 2 is 1.97 bits per heavy atom. The number of carbonyl (C=O) groups is 1. The predicted molar refractivity (Wildman–Crippen MR) is 120 cm³/mol. The van der Waals surface area contributed by atoms with Gasteiger partial charge in [0, 0.05) is 56.4 Å². The van der Waals surface area contributed by atoms with E-state index in [1.54, 1.807) is 6.07 Å². The first-order chi connectivity index (χ1) is 14.2. The Morgan fingerprint density at radius 1 is 1.23 bits per heavy atom. The van der Waals surface area contributed by atoms with Crippen molar-refractivity contribution in [1.29, 1.82) is 0 Å². The zero-order valence-electron chi connectivity index (χ0n) is 17.2. The van der Waals surface area contributed by atoms with Crippen molar-refractivity contribution in [3.05, 3.63) is 30.0 Å². The third-order valence-corrected chi connectivity index (χ3v) is 7.20. The fraction of sp³-hybridized carbons (Fsp3) is 0.591. The van der Waals surface area contributed by atoms with Crippen LogP contribution in [-0.2, 0) is 0 Å². The molecule has 1 aromatic carbocycles. The second-order valence-electron chi connectivity index (χ2n) is 8.49. The Hall–Kier alpha value is -1.42. The number of ether oxygens (including phenoxy) is 1. The van der Waals surface area contributed by atoms with Gasteiger partial charge < -0.3 is 14.1 Å². The van der Waals surface area contributed by atoms with Crippen LogP contribution < -0.4 is 4.74 Å². The maximum atomic E-state index is 13.4. The summed E-state index contributed by atoms with van der Waals surface area (Å²) in [4.78, 5) is 16.6. The highest BCUT2D eigenvalue weighted by Gasteiger charge is 2.36. The fourth-order valence-electron chi connectivity index (χ4n) is 4.17. The van der Waals surface area contributed by atoms with Gasteiger partial charge in [-0.2, -0.15) is 0 Å². The van der Waals surface area contributed by atoms with E-state index in [0.29, 0.717) is 15.7 Å². The van der Waals surface area contributed by atoms with E-state index < -0.39 is 5.92 Å². The van der Waals surface area contributed by atoms with Gasteiger partial charge in [-0.25, -0.2) is 8.78 Å². The van der Waals surface area contributed by atoms with Crippen LogP contribution in [0.1, 0.15) is 50.1 Å². The largest absolute Gasteiger partial charge is 0.490 e. The highest BCUT2D eigenvalue weighted by Crippen LogP contribution is 2.32. The molecule has 2 atom stereocenters. The fourth-order valence-corrected chi connectivity index (χ4v) is 5.66. The minimum Gasteiger partial charge on any atom is -0.490 e. The van der Waals surface area contributed by atoms with Crippen molar-refractivity contribution in [2.45, 2.75) is 61.6 Å². The molecule has 164 valence electrons. The molecular weight excluding hydrogens is 505 g/mol. The number of piperidine rings is 2. The number of likely N-dealkylation sites (tertiary alicyclic amines) is 2. The molecule has 2 aliphatic rings. The molecule has 2 unspecified atom stereocenters. The summed E-state index contributed by atoms with van der Waals surface area (Å²) in [5, 5.41) is 0.800. The summed E-state index contributed by atoms with van der Waals surface area (Å²) in [7, 11) is 0. The van der Waals surface area contributed by atoms with Crippen LogP contribution >= 0.6 is 22.6 Å². The molecule has 1 aromatic heterocycles. The van der Waals surface area contributed by atoms with Gasteiger partial charge in [-0.05, 0) is 38.5 Å². The maximum absolute atomic E-state index is 13.4. The van der Waals surface area contributed by atoms with E-state index in [9.17, 15) is 13.6 Å². The van der Waals surface area contributed by atoms with Gasteiger partial charge in [0.05, 0.1) is 4.05 Å². The SMILES string of the molecule is CC(C)N1CCC(Oc2ccc3cc(C(=O)N4CCC(F)(F)CC4)oc3c2)CC1I. The van der Waals surface area contributed by atoms with Crippen molar-refractivity contribution >= 4 is 39.5 Å². The van der Waals surface area contributed by atoms with Crippen molar-refractivity contribution in [2.75, 3.05) is 19.6 Å². The Morgan fingerprint density at radius 3 is 2.63 bits per heavy atom. The van der Waals surface area contributed by atoms with Gasteiger partial charge in [0.25, 0.3) is 11.8 Å². The molecular formula is C22H27F2IN2O3. The van der Waals surface area contributed by atoms with Gasteiger partial charge in [0.15, 0.2) is 5.76 Å². The molecule has 0 N–H and O–H groups in total. The molecule has 2 aromatic rings. The molecule has 0 aliphatic carbocycles. The molecule has 0 spiro atoms. The number of furan rings is 1. The zero-order chi connectivity index (χ0) is 21.5. The van der Waals surface area contributed by atoms with Crippen molar-refractivity contribution in [2.24, 2.45) is 0 Å². The summed E-state index contributed by atoms with van der Waals surface area (Å²) in [5.41, 5.74) is 0.573. The van der Waals surface area contributed by atoms with Crippen LogP contribution in [0.5, 0.6) is 5.75 Å². The number of halogens is 3. The summed E-state index contributed by atoms with van der Waals surface area (Å²) in [6.07, 6.45) is 1.47. The molecule has 1 amide bonds. The van der Waals surface area contributed by atoms with Gasteiger partial charge in [0.2, 0.25) is 0 Å². The summed E-state index contributed by atoms with van der Waals surface area (Å²) in [6.45, 7) is 5.53. The lowest BCUT2D eigenvalue weighted by molar-refractivity contribution is -0.0498. The molecule has 0 radical (unpaired) electrons. The van der Waals surface area contributed by atoms with Gasteiger partial charge in [-0.3, -0.25) is 9.69 Å². The van der Waals surface area contributed by atoms with Gasteiger partial charge in [-0.1, -0.05) is 22.6 Å². The van der Waals surface area contributed by atoms with Crippen molar-refractivity contribution in [3.63, 3.8) is 0 Å². The lowest BCUT2D eigenvalue weighted by atomic mass is 10.1. The number of amides is 1. The molecule has 3 heterocycles. The number of rotatable bonds is 4. The number of carbonyl (C=O) groups excluding carboxylic acids is 1. The minimum absolute atomic E-state index is 0.0454. The number of hydrogen-bond acceptors (Lipinski definition) is 4. The Labute approximate surface area is 188 Å². The summed E-state index contributed by atoms with van der Waals surface area (Å²) in [5.74, 6) is -2.11. The molecule has 2 fully saturated rings. The number of nitrogens with zero attached hydrogens (tertiary/aromatic N) is 2. The van der Waals surface area contributed by atoms with Gasteiger partial charge in [-0.15, -0.1) is 0 Å². The molecule has 4 rings (SSSR count). The van der Waals surface area contributed by atoms with Gasteiger partial charge >= 0.3 is 0 Å². The molecule has 0 bridgehead atoms. The third-order valence-electron chi connectivity index (χ3n) is 5.98. The molecule has 30 heavy (non-hydrogen) atoms. The lowest BCUT2D eigenvalue weighted by Crippen LogP contribution is -2.46. The summed E-state index contributed by atoms with van der Waals surface area (Å²) >= 11 is 2.48. The summed E-state index contributed by atoms with van der Waals surface area (Å²) < 4.78 is 39.1. The number of hydrogen-bond donors (Lipinski definition) is 0. The van der Waals surface area contributed by atoms with Crippen molar-refractivity contribution < 1.29 is 22.7 Å². The highest BCUT2D eigenvalue weighted by atomic mass is 127. The average Bonchev–Trinajstić information content (AvgIpc) is 3.10. The Bertz CT molecular complexity index is 907. The molecule has 2 aliphatic heterocycles. The van der Waals surface area contributed by atoms with Crippen molar-refractivity contribution in [1.82, 2.24) is 9.80 Å². The number of fused-ring (bicyclic) bond motifs is 1. The molecule has 0 saturated carbocycles. The van der Waals surface area contributed by atoms with E-state index in [2.05, 4.69) is 41.3 Å². The van der Waals surface area contributed by atoms with E-state index in [-0.39, 0.29) is 43.7 Å². The second kappa shape index (κ2) is 8.61. The van der Waals surface area contributed by atoms with Gasteiger partial charge in [0.1, 0.15) is 17.4 Å². The topological polar surface area (TPSA) is 45.9 Å². The van der Waals surface area contributed by atoms with Crippen LogP contribution in [0.4, 0.5) is 8.78 Å². The molecule has 5 nitrogen and oxygen atoms in total. The van der Waals surface area contributed by atoms with Crippen LogP contribution in [-0.4, -0.2) is 57.5 Å². The standard InChI is InChI=1S/C22H27F2IN2O3/c1-14(2)27-8-5-17(13-20(27)25)29-16-4-3-15-11-19(30-18(15)12-16)21(28)26-9-6-22(23,24)7-10-26/h3-4,11-12,14,17,20H,5-10,13H2,1-2H3. The quantitative estimate of drug-likeness (QED) is 0.304. The first-order valence-corrected chi connectivity index (χ1v) is 11.7. The monoisotopic (exact) mass is 532 g/mol. The van der Waals surface area contributed by atoms with E-state index in [0.717, 1.165) is 30.5 Å². The predicted octanol–water partition coefficient (Wildman–Crippen LogP) is 5.32. The molecule has 8 heteroatoms. The Balaban J connectivity index is 1.42. The third kappa shape index (κ3) is 4.74. The Kier molecular flexibility index (Phi) is 6.25. The van der Waals surface area contributed by atoms with Crippen LogP contribution in [0.3, 0.4) is 0 Å². The van der Waals surface area contributed by atoms with E-state index in [1.807, 2.05) is 18.2 Å². The second-order valence-corrected chi connectivity index (χ2v) is 9.93.